The van der Waals surface area contributed by atoms with Crippen molar-refractivity contribution in [2.75, 3.05) is 81.0 Å². The van der Waals surface area contributed by atoms with Gasteiger partial charge in [-0.1, -0.05) is 84.9 Å². The Labute approximate surface area is 786 Å². The molecule has 8 atom stereocenters. The van der Waals surface area contributed by atoms with Crippen LogP contribution in [-0.2, 0) is 44.9 Å². The number of thiazole rings is 1. The van der Waals surface area contributed by atoms with E-state index in [1.165, 1.54) is 149 Å². The van der Waals surface area contributed by atoms with Crippen molar-refractivity contribution in [1.29, 1.82) is 0 Å². The van der Waals surface area contributed by atoms with Crippen molar-refractivity contribution in [3.8, 4) is 0 Å². The third-order valence-corrected chi connectivity index (χ3v) is 23.4. The van der Waals surface area contributed by atoms with Crippen LogP contribution >= 0.6 is 11.3 Å². The number of halogens is 8. The van der Waals surface area contributed by atoms with Crippen molar-refractivity contribution in [2.45, 2.75) is 74.5 Å². The van der Waals surface area contributed by atoms with Crippen LogP contribution in [-0.4, -0.2) is 231 Å². The number of rotatable bonds is 36. The molecule has 137 heavy (non-hydrogen) atoms. The maximum absolute atomic E-state index is 15.4. The Hall–Kier alpha value is -14.5. The molecule has 0 fully saturated rings. The minimum absolute atomic E-state index is 0.0768. The van der Waals surface area contributed by atoms with Crippen molar-refractivity contribution in [2.24, 2.45) is 20.0 Å². The fourth-order valence-electron chi connectivity index (χ4n) is 15.5. The van der Waals surface area contributed by atoms with Crippen LogP contribution in [0.25, 0.3) is 22.3 Å². The normalized spacial score (nSPS) is 15.0. The highest BCUT2D eigenvalue weighted by Gasteiger charge is 2.35. The summed E-state index contributed by atoms with van der Waals surface area (Å²) < 4.78 is 138. The first-order valence-electron chi connectivity index (χ1n) is 43.1. The lowest BCUT2D eigenvalue weighted by molar-refractivity contribution is 0.0166. The van der Waals surface area contributed by atoms with E-state index < -0.39 is 102 Å². The molecule has 0 spiro atoms. The van der Waals surface area contributed by atoms with Crippen molar-refractivity contribution in [3.63, 3.8) is 0 Å². The zero-order valence-electron chi connectivity index (χ0n) is 74.3. The number of aromatic nitrogens is 7. The van der Waals surface area contributed by atoms with Crippen molar-refractivity contribution < 1.29 is 93.7 Å². The largest absolute Gasteiger partial charge is 0.394 e. The van der Waals surface area contributed by atoms with Crippen LogP contribution < -0.4 is 21.3 Å². The van der Waals surface area contributed by atoms with E-state index in [0.717, 1.165) is 44.5 Å². The number of carbonyl (C=O) groups excluding carboxylic acids is 4. The van der Waals surface area contributed by atoms with E-state index in [1.54, 1.807) is 132 Å². The Balaban J connectivity index is 0.000000154. The Bertz CT molecular complexity index is 6210. The van der Waals surface area contributed by atoms with Crippen LogP contribution in [0.4, 0.5) is 35.1 Å². The van der Waals surface area contributed by atoms with Crippen LogP contribution in [0.5, 0.6) is 0 Å². The Morgan fingerprint density at radius 1 is 0.380 bits per heavy atom. The molecule has 8 N–H and O–H groups in total. The molecule has 8 heterocycles. The number of hydrogen-bond acceptors (Lipinski definition) is 22. The number of amides is 4. The van der Waals surface area contributed by atoms with Gasteiger partial charge in [-0.15, -0.1) is 11.3 Å². The molecule has 0 radical (unpaired) electrons. The minimum Gasteiger partial charge on any atom is -0.394 e. The number of aliphatic imine (C=N–C) groups is 4. The van der Waals surface area contributed by atoms with Gasteiger partial charge < -0.3 is 60.6 Å². The van der Waals surface area contributed by atoms with Crippen molar-refractivity contribution >= 4 is 80.1 Å². The van der Waals surface area contributed by atoms with Crippen LogP contribution in [0.3, 0.4) is 0 Å². The summed E-state index contributed by atoms with van der Waals surface area (Å²) in [7, 11) is 5.76. The summed E-state index contributed by atoms with van der Waals surface area (Å²) in [4.78, 5) is 83.3. The maximum atomic E-state index is 15.4. The van der Waals surface area contributed by atoms with E-state index in [9.17, 15) is 65.9 Å². The van der Waals surface area contributed by atoms with Crippen molar-refractivity contribution in [3.05, 3.63) is 385 Å². The molecule has 0 bridgehead atoms. The molecule has 36 heteroatoms. The molecule has 8 aromatic carbocycles. The van der Waals surface area contributed by atoms with Gasteiger partial charge in [0.05, 0.1) is 134 Å². The average Bonchev–Trinajstić information content (AvgIpc) is 1.67. The number of ether oxygens (including phenoxy) is 4. The van der Waals surface area contributed by atoms with Gasteiger partial charge in [-0.05, 0) is 166 Å². The van der Waals surface area contributed by atoms with Crippen LogP contribution in [0.1, 0.15) is 96.8 Å². The third-order valence-electron chi connectivity index (χ3n) is 22.6. The molecule has 0 saturated heterocycles. The third kappa shape index (κ3) is 25.8. The maximum Gasteiger partial charge on any atom is 0.252 e. The molecule has 16 rings (SSSR count). The second-order valence-electron chi connectivity index (χ2n) is 31.2. The number of hydrogen-bond donors (Lipinski definition) is 8. The summed E-state index contributed by atoms with van der Waals surface area (Å²) in [5, 5.41) is 61.3. The van der Waals surface area contributed by atoms with Crippen LogP contribution in [0.2, 0.25) is 0 Å². The van der Waals surface area contributed by atoms with E-state index in [-0.39, 0.29) is 114 Å². The molecule has 4 aromatic heterocycles. The highest BCUT2D eigenvalue weighted by molar-refractivity contribution is 7.09. The second-order valence-corrected chi connectivity index (χ2v) is 32.2. The van der Waals surface area contributed by atoms with Crippen LogP contribution in [0.15, 0.2) is 287 Å². The Kier molecular flexibility index (Phi) is 35.5. The molecule has 27 nitrogen and oxygen atoms in total. The lowest BCUT2D eigenvalue weighted by Crippen LogP contribution is -2.48. The number of aliphatic hydroxyl groups is 4. The van der Waals surface area contributed by atoms with E-state index >= 15 is 8.78 Å². The SMILES string of the molecule is CO[C@H](CO)[C@@H](Cc1ncccn1)NC(=O)c1cccc(F)c1C1=NCC(c2ccc(F)cc2)=C1F.CO[C@H](CO)[C@@H](Cc1nccs1)NC(=O)c1cccc(F)c1C1=NCC(c2ccc(F)cc2)=C1.CO[C@H](CO)[C@@H](Cn1cccn1)NC(=O)c1cccc(F)c1C1=NCC(c2ccc(F)cc2)=C1.CO[C@H](CO)[C@@H](Cn1cccn1)NC(=O)c1ccccc1C1=NCC(c2ccc(F)cc2)=C1. The number of aliphatic hydroxyl groups excluding tert-OH is 4. The lowest BCUT2D eigenvalue weighted by Gasteiger charge is -2.26. The predicted octanol–water partition coefficient (Wildman–Crippen LogP) is 12.5. The quantitative estimate of drug-likeness (QED) is 0.0169. The summed E-state index contributed by atoms with van der Waals surface area (Å²) in [6.07, 6.45) is 14.6. The van der Waals surface area contributed by atoms with Gasteiger partial charge in [-0.3, -0.25) is 48.5 Å². The van der Waals surface area contributed by atoms with E-state index in [4.69, 9.17) is 18.9 Å². The lowest BCUT2D eigenvalue weighted by atomic mass is 9.97. The first-order valence-corrected chi connectivity index (χ1v) is 43.9. The highest BCUT2D eigenvalue weighted by Crippen LogP contribution is 2.34. The number of benzene rings is 8. The second kappa shape index (κ2) is 48.6. The van der Waals surface area contributed by atoms with Gasteiger partial charge >= 0.3 is 0 Å². The van der Waals surface area contributed by atoms with E-state index in [1.807, 2.05) is 23.6 Å². The summed E-state index contributed by atoms with van der Waals surface area (Å²) in [5.41, 5.74) is 7.72. The van der Waals surface area contributed by atoms with Gasteiger partial charge in [-0.25, -0.2) is 50.1 Å². The van der Waals surface area contributed by atoms with Crippen LogP contribution in [0, 0.1) is 40.7 Å². The molecule has 12 aromatic rings. The highest BCUT2D eigenvalue weighted by atomic mass is 32.1. The molecule has 708 valence electrons. The number of nitrogens with one attached hydrogen (secondary N) is 4. The van der Waals surface area contributed by atoms with Gasteiger partial charge in [0.25, 0.3) is 23.6 Å². The molecule has 4 aliphatic rings. The zero-order valence-corrected chi connectivity index (χ0v) is 75.2. The molecule has 4 aliphatic heterocycles. The standard InChI is InChI=1S/C26H23F3N4O3.C25H24F2N4O3.C25H23F2N3O3S.C25H25FN4O3/c1-36-21(14-34)20(12-22-30-10-3-11-31-22)33-26(35)17-4-2-5-19(28)23(17)25-24(29)18(13-32-25)15-6-8-16(27)9-7-15;1-34-23(15-32)22(14-31-11-3-10-29-31)30-25(33)19-4-2-5-20(27)24(19)21-12-17(13-28-21)16-6-8-18(26)9-7-16;1-33-22(14-31)20(12-23-28-9-10-34-23)30-25(32)18-3-2-4-19(27)24(18)21-11-16(13-29-21)15-5-7-17(26)8-6-15;1-33-24(16-31)23(15-30-12-4-11-28-30)29-25(32)21-6-3-2-5-20(21)22-13-18(14-27-22)17-7-9-19(26)10-8-17/h2-11,20-21,34H,12-14H2,1H3,(H,33,35);2-12,22-23,32H,13-15H2,1H3,(H,30,33);2-11,20,22,31H,12-14H2,1H3,(H,30,32);2-13,23-24,31H,14-16H2,1H3,(H,29,32)/t20-,21-;22-,23-;20-,22-;23-,24-/m1111/s1. The number of carbonyl (C=O) groups is 4. The molecule has 0 saturated carbocycles. The fourth-order valence-corrected chi connectivity index (χ4v) is 16.1. The molecule has 4 amide bonds. The number of allylic oxidation sites excluding steroid dienone is 4. The minimum atomic E-state index is -0.828. The first kappa shape index (κ1) is 100.0. The van der Waals surface area contributed by atoms with Gasteiger partial charge in [0.1, 0.15) is 76.7 Å². The molecule has 0 unspecified atom stereocenters. The fraction of sp³-hybridized carbons (Fsp3) is 0.238. The van der Waals surface area contributed by atoms with E-state index in [2.05, 4.69) is 66.4 Å². The number of methoxy groups -OCH3 is 4. The Morgan fingerprint density at radius 2 is 0.752 bits per heavy atom. The summed E-state index contributed by atoms with van der Waals surface area (Å²) >= 11 is 1.43. The summed E-state index contributed by atoms with van der Waals surface area (Å²) in [6, 6.07) is 45.7. The topological polar surface area (TPSA) is 358 Å². The molecular formula is C101H95F8N15O12S. The predicted molar refractivity (Wildman–Crippen MR) is 501 cm³/mol. The van der Waals surface area contributed by atoms with Crippen molar-refractivity contribution in [1.82, 2.24) is 55.8 Å². The number of nitrogens with zero attached hydrogens (tertiary/aromatic N) is 11. The smallest absolute Gasteiger partial charge is 0.252 e. The zero-order chi connectivity index (χ0) is 97.0. The van der Waals surface area contributed by atoms with Gasteiger partial charge in [0.15, 0.2) is 5.83 Å². The molecular weight excluding hydrogens is 1800 g/mol. The summed E-state index contributed by atoms with van der Waals surface area (Å²) in [5.74, 6) is -5.91. The van der Waals surface area contributed by atoms with Gasteiger partial charge in [0.2, 0.25) is 0 Å². The first-order chi connectivity index (χ1) is 66.5. The summed E-state index contributed by atoms with van der Waals surface area (Å²) in [6.45, 7) is 0.244. The van der Waals surface area contributed by atoms with Gasteiger partial charge in [0, 0.05) is 118 Å². The Morgan fingerprint density at radius 3 is 1.16 bits per heavy atom. The van der Waals surface area contributed by atoms with E-state index in [0.29, 0.717) is 65.7 Å². The molecule has 0 aliphatic carbocycles. The average molecular weight is 1900 g/mol. The monoisotopic (exact) mass is 1890 g/mol. The van der Waals surface area contributed by atoms with Gasteiger partial charge in [-0.2, -0.15) is 10.2 Å².